The van der Waals surface area contributed by atoms with Crippen LogP contribution in [0.25, 0.3) is 22.2 Å². The van der Waals surface area contributed by atoms with Gasteiger partial charge in [-0.2, -0.15) is 0 Å². The molecule has 1 atom stereocenters. The number of carbonyl (C=O) groups is 1. The van der Waals surface area contributed by atoms with Crippen LogP contribution in [0.1, 0.15) is 38.0 Å². The van der Waals surface area contributed by atoms with Crippen molar-refractivity contribution in [2.24, 2.45) is 0 Å². The quantitative estimate of drug-likeness (QED) is 0.566. The number of aromatic nitrogens is 1. The molecule has 1 aliphatic heterocycles. The van der Waals surface area contributed by atoms with Crippen LogP contribution in [0.2, 0.25) is 0 Å². The second-order valence-corrected chi connectivity index (χ2v) is 8.08. The lowest BCUT2D eigenvalue weighted by Crippen LogP contribution is -2.34. The van der Waals surface area contributed by atoms with Crippen molar-refractivity contribution in [2.45, 2.75) is 43.9 Å². The number of nitrogens with zero attached hydrogens (tertiary/aromatic N) is 2. The average molecular weight is 379 g/mol. The maximum Gasteiger partial charge on any atom is 0.240 e. The number of hydrogen-bond donors (Lipinski definition) is 0. The largest absolute Gasteiger partial charge is 0.342 e. The smallest absolute Gasteiger partial charge is 0.240 e. The molecule has 1 amide bonds. The molecule has 0 N–H and O–H groups in total. The van der Waals surface area contributed by atoms with E-state index in [-0.39, 0.29) is 11.2 Å². The van der Waals surface area contributed by atoms with Gasteiger partial charge >= 0.3 is 0 Å². The fourth-order valence-electron chi connectivity index (χ4n) is 4.17. The van der Waals surface area contributed by atoms with Gasteiger partial charge < -0.3 is 9.47 Å². The number of thioether (sulfide) groups is 1. The SMILES string of the molecule is CCCn1c2c(c3ccccc31)C(C(=O)N(CC)CC)Sc1ccccc1-2. The van der Waals surface area contributed by atoms with Crippen LogP contribution in [0.3, 0.4) is 0 Å². The van der Waals surface area contributed by atoms with Crippen molar-refractivity contribution in [2.75, 3.05) is 13.1 Å². The molecule has 0 saturated carbocycles. The first-order valence-electron chi connectivity index (χ1n) is 9.87. The van der Waals surface area contributed by atoms with Gasteiger partial charge in [-0.15, -0.1) is 11.8 Å². The van der Waals surface area contributed by atoms with Crippen molar-refractivity contribution in [1.82, 2.24) is 9.47 Å². The van der Waals surface area contributed by atoms with Gasteiger partial charge in [-0.25, -0.2) is 0 Å². The Kier molecular flexibility index (Phi) is 5.00. The number of para-hydroxylation sites is 1. The standard InChI is InChI=1S/C23H26N2OS/c1-4-15-25-18-13-9-7-11-16(18)20-21(25)17-12-8-10-14-19(17)27-22(20)23(26)24(5-2)6-3/h7-14,22H,4-6,15H2,1-3H3. The van der Waals surface area contributed by atoms with Crippen LogP contribution in [0.15, 0.2) is 53.4 Å². The van der Waals surface area contributed by atoms with Crippen LogP contribution in [0, 0.1) is 0 Å². The first kappa shape index (κ1) is 18.2. The molecular weight excluding hydrogens is 352 g/mol. The van der Waals surface area contributed by atoms with Crippen molar-refractivity contribution >= 4 is 28.6 Å². The first-order chi connectivity index (χ1) is 13.2. The number of hydrogen-bond acceptors (Lipinski definition) is 2. The van der Waals surface area contributed by atoms with Crippen LogP contribution >= 0.6 is 11.8 Å². The molecule has 3 aromatic rings. The van der Waals surface area contributed by atoms with Crippen molar-refractivity contribution in [1.29, 1.82) is 0 Å². The molecule has 1 aliphatic rings. The van der Waals surface area contributed by atoms with Crippen LogP contribution in [-0.4, -0.2) is 28.5 Å². The van der Waals surface area contributed by atoms with E-state index in [1.54, 1.807) is 11.8 Å². The van der Waals surface area contributed by atoms with Gasteiger partial charge in [-0.3, -0.25) is 4.79 Å². The van der Waals surface area contributed by atoms with E-state index in [1.807, 2.05) is 4.90 Å². The number of benzene rings is 2. The topological polar surface area (TPSA) is 25.2 Å². The molecule has 0 spiro atoms. The zero-order chi connectivity index (χ0) is 19.0. The highest BCUT2D eigenvalue weighted by Gasteiger charge is 2.36. The van der Waals surface area contributed by atoms with Gasteiger partial charge in [-0.05, 0) is 32.4 Å². The fourth-order valence-corrected chi connectivity index (χ4v) is 5.48. The van der Waals surface area contributed by atoms with Gasteiger partial charge in [0, 0.05) is 46.6 Å². The first-order valence-corrected chi connectivity index (χ1v) is 10.7. The molecule has 140 valence electrons. The molecule has 1 aromatic heterocycles. The van der Waals surface area contributed by atoms with Gasteiger partial charge in [0.15, 0.2) is 0 Å². The summed E-state index contributed by atoms with van der Waals surface area (Å²) in [6.45, 7) is 8.78. The van der Waals surface area contributed by atoms with Crippen molar-refractivity contribution < 1.29 is 4.79 Å². The molecule has 4 rings (SSSR count). The maximum atomic E-state index is 13.4. The number of carbonyl (C=O) groups excluding carboxylic acids is 1. The summed E-state index contributed by atoms with van der Waals surface area (Å²) in [5, 5.41) is 1.03. The molecule has 2 aromatic carbocycles. The maximum absolute atomic E-state index is 13.4. The summed E-state index contributed by atoms with van der Waals surface area (Å²) in [5.74, 6) is 0.222. The van der Waals surface area contributed by atoms with E-state index in [4.69, 9.17) is 0 Å². The predicted octanol–water partition coefficient (Wildman–Crippen LogP) is 5.73. The third kappa shape index (κ3) is 2.87. The number of aryl methyl sites for hydroxylation is 1. The lowest BCUT2D eigenvalue weighted by atomic mass is 10.0. The van der Waals surface area contributed by atoms with E-state index in [0.29, 0.717) is 0 Å². The summed E-state index contributed by atoms with van der Waals surface area (Å²) in [6, 6.07) is 17.1. The molecule has 0 aliphatic carbocycles. The van der Waals surface area contributed by atoms with E-state index in [9.17, 15) is 4.79 Å². The van der Waals surface area contributed by atoms with Crippen molar-refractivity contribution in [3.63, 3.8) is 0 Å². The minimum absolute atomic E-state index is 0.183. The van der Waals surface area contributed by atoms with Crippen molar-refractivity contribution in [3.8, 4) is 11.3 Å². The van der Waals surface area contributed by atoms with E-state index < -0.39 is 0 Å². The van der Waals surface area contributed by atoms with E-state index in [0.717, 1.165) is 26.1 Å². The minimum Gasteiger partial charge on any atom is -0.342 e. The normalized spacial score (nSPS) is 15.4. The summed E-state index contributed by atoms with van der Waals surface area (Å²) in [7, 11) is 0. The molecule has 0 fully saturated rings. The Hall–Kier alpha value is -2.20. The van der Waals surface area contributed by atoms with Gasteiger partial charge in [0.1, 0.15) is 5.25 Å². The molecule has 27 heavy (non-hydrogen) atoms. The Labute approximate surface area is 165 Å². The van der Waals surface area contributed by atoms with Gasteiger partial charge in [0.25, 0.3) is 0 Å². The molecule has 0 saturated heterocycles. The lowest BCUT2D eigenvalue weighted by molar-refractivity contribution is -0.130. The number of rotatable bonds is 5. The van der Waals surface area contributed by atoms with Crippen LogP contribution < -0.4 is 0 Å². The Bertz CT molecular complexity index is 987. The monoisotopic (exact) mass is 378 g/mol. The fraction of sp³-hybridized carbons (Fsp3) is 0.348. The summed E-state index contributed by atoms with van der Waals surface area (Å²) in [4.78, 5) is 16.6. The van der Waals surface area contributed by atoms with Gasteiger partial charge in [-0.1, -0.05) is 43.3 Å². The predicted molar refractivity (Wildman–Crippen MR) is 114 cm³/mol. The van der Waals surface area contributed by atoms with E-state index in [1.165, 1.54) is 32.6 Å². The molecule has 4 heteroatoms. The number of fused-ring (bicyclic) bond motifs is 5. The average Bonchev–Trinajstić information content (AvgIpc) is 3.03. The second-order valence-electron chi connectivity index (χ2n) is 6.94. The van der Waals surface area contributed by atoms with E-state index in [2.05, 4.69) is 73.9 Å². The summed E-state index contributed by atoms with van der Waals surface area (Å²) < 4.78 is 2.42. The zero-order valence-electron chi connectivity index (χ0n) is 16.2. The summed E-state index contributed by atoms with van der Waals surface area (Å²) in [5.41, 5.74) is 4.92. The molecule has 0 bridgehead atoms. The second kappa shape index (κ2) is 7.43. The summed E-state index contributed by atoms with van der Waals surface area (Å²) in [6.07, 6.45) is 1.06. The van der Waals surface area contributed by atoms with Crippen LogP contribution in [-0.2, 0) is 11.3 Å². The highest BCUT2D eigenvalue weighted by molar-refractivity contribution is 8.00. The molecule has 3 nitrogen and oxygen atoms in total. The van der Waals surface area contributed by atoms with Crippen LogP contribution in [0.4, 0.5) is 0 Å². The Balaban J connectivity index is 2.02. The summed E-state index contributed by atoms with van der Waals surface area (Å²) >= 11 is 1.71. The molecule has 1 unspecified atom stereocenters. The highest BCUT2D eigenvalue weighted by atomic mass is 32.2. The Morgan fingerprint density at radius 2 is 1.74 bits per heavy atom. The van der Waals surface area contributed by atoms with Gasteiger partial charge in [0.2, 0.25) is 5.91 Å². The highest BCUT2D eigenvalue weighted by Crippen LogP contribution is 2.53. The molecule has 2 heterocycles. The molecule has 0 radical (unpaired) electrons. The van der Waals surface area contributed by atoms with E-state index >= 15 is 0 Å². The Morgan fingerprint density at radius 3 is 2.48 bits per heavy atom. The van der Waals surface area contributed by atoms with Crippen molar-refractivity contribution in [3.05, 3.63) is 54.1 Å². The van der Waals surface area contributed by atoms with Gasteiger partial charge in [0.05, 0.1) is 5.69 Å². The third-order valence-electron chi connectivity index (χ3n) is 5.41. The zero-order valence-corrected chi connectivity index (χ0v) is 17.1. The minimum atomic E-state index is -0.183. The van der Waals surface area contributed by atoms with Crippen LogP contribution in [0.5, 0.6) is 0 Å². The third-order valence-corrected chi connectivity index (χ3v) is 6.69. The number of likely N-dealkylation sites (N-methyl/N-ethyl adjacent to an activating group) is 1. The molecular formula is C23H26N2OS. The number of amides is 1. The Morgan fingerprint density at radius 1 is 1.04 bits per heavy atom. The lowest BCUT2D eigenvalue weighted by Gasteiger charge is -2.30.